The number of benzene rings is 1. The van der Waals surface area contributed by atoms with Gasteiger partial charge in [-0.3, -0.25) is 4.79 Å². The maximum absolute atomic E-state index is 11.5. The lowest BCUT2D eigenvalue weighted by Crippen LogP contribution is -2.28. The summed E-state index contributed by atoms with van der Waals surface area (Å²) in [5.74, 6) is -0.0731. The molecule has 0 bridgehead atoms. The molecule has 0 aliphatic heterocycles. The van der Waals surface area contributed by atoms with Crippen LogP contribution < -0.4 is 5.32 Å². The average molecular weight is 324 g/mol. The van der Waals surface area contributed by atoms with E-state index in [-0.39, 0.29) is 11.3 Å². The van der Waals surface area contributed by atoms with E-state index >= 15 is 0 Å². The molecule has 4 heteroatoms. The van der Waals surface area contributed by atoms with Crippen molar-refractivity contribution >= 4 is 40.1 Å². The molecule has 1 amide bonds. The summed E-state index contributed by atoms with van der Waals surface area (Å²) in [7, 11) is 0. The maximum atomic E-state index is 11.5. The van der Waals surface area contributed by atoms with Crippen LogP contribution in [0.25, 0.3) is 0 Å². The summed E-state index contributed by atoms with van der Waals surface area (Å²) in [5, 5.41) is 2.71. The zero-order valence-electron chi connectivity index (χ0n) is 7.76. The van der Waals surface area contributed by atoms with Crippen molar-refractivity contribution in [1.29, 1.82) is 0 Å². The number of carbonyl (C=O) groups is 1. The second-order valence-electron chi connectivity index (χ2n) is 3.00. The van der Waals surface area contributed by atoms with Crippen molar-refractivity contribution in [3.8, 4) is 0 Å². The van der Waals surface area contributed by atoms with Gasteiger partial charge in [-0.15, -0.1) is 11.6 Å². The Morgan fingerprint density at radius 2 is 2.36 bits per heavy atom. The van der Waals surface area contributed by atoms with Gasteiger partial charge in [0.15, 0.2) is 0 Å². The Labute approximate surface area is 102 Å². The predicted molar refractivity (Wildman–Crippen MR) is 66.8 cm³/mol. The molecule has 1 rings (SSSR count). The molecule has 0 fully saturated rings. The minimum Gasteiger partial charge on any atom is -0.351 e. The van der Waals surface area contributed by atoms with E-state index in [0.717, 1.165) is 3.57 Å². The lowest BCUT2D eigenvalue weighted by atomic mass is 10.2. The number of nitrogens with one attached hydrogen (secondary N) is 1. The van der Waals surface area contributed by atoms with Crippen LogP contribution in [0.15, 0.2) is 24.3 Å². The van der Waals surface area contributed by atoms with E-state index < -0.39 is 0 Å². The first kappa shape index (κ1) is 11.8. The van der Waals surface area contributed by atoms with Crippen LogP contribution in [0, 0.1) is 3.57 Å². The first-order chi connectivity index (χ1) is 6.59. The standard InChI is InChI=1S/C10H11ClINO/c1-7(11)6-13-10(14)8-3-2-4-9(12)5-8/h2-5,7H,6H2,1H3,(H,13,14). The summed E-state index contributed by atoms with van der Waals surface area (Å²) < 4.78 is 1.05. The smallest absolute Gasteiger partial charge is 0.251 e. The van der Waals surface area contributed by atoms with E-state index in [2.05, 4.69) is 27.9 Å². The topological polar surface area (TPSA) is 29.1 Å². The number of amides is 1. The molecule has 76 valence electrons. The molecule has 1 aromatic carbocycles. The summed E-state index contributed by atoms with van der Waals surface area (Å²) in [4.78, 5) is 11.5. The third kappa shape index (κ3) is 3.84. The molecule has 1 atom stereocenters. The van der Waals surface area contributed by atoms with Crippen LogP contribution in [0.1, 0.15) is 17.3 Å². The van der Waals surface area contributed by atoms with Crippen LogP contribution in [-0.2, 0) is 0 Å². The lowest BCUT2D eigenvalue weighted by Gasteiger charge is -2.06. The van der Waals surface area contributed by atoms with Crippen molar-refractivity contribution in [2.45, 2.75) is 12.3 Å². The average Bonchev–Trinajstić information content (AvgIpc) is 2.14. The normalized spacial score (nSPS) is 12.2. The number of hydrogen-bond acceptors (Lipinski definition) is 1. The van der Waals surface area contributed by atoms with Gasteiger partial charge in [-0.05, 0) is 47.7 Å². The Morgan fingerprint density at radius 3 is 2.93 bits per heavy atom. The Morgan fingerprint density at radius 1 is 1.64 bits per heavy atom. The Bertz CT molecular complexity index is 328. The van der Waals surface area contributed by atoms with Gasteiger partial charge in [0, 0.05) is 21.1 Å². The molecule has 0 aliphatic rings. The van der Waals surface area contributed by atoms with E-state index in [4.69, 9.17) is 11.6 Å². The Kier molecular flexibility index (Phi) is 4.68. The molecule has 0 radical (unpaired) electrons. The molecule has 0 aliphatic carbocycles. The van der Waals surface area contributed by atoms with Gasteiger partial charge in [-0.25, -0.2) is 0 Å². The zero-order valence-corrected chi connectivity index (χ0v) is 10.7. The molecule has 0 saturated heterocycles. The Hall–Kier alpha value is -0.290. The second-order valence-corrected chi connectivity index (χ2v) is 4.99. The Balaban J connectivity index is 2.61. The fraction of sp³-hybridized carbons (Fsp3) is 0.300. The van der Waals surface area contributed by atoms with E-state index in [1.807, 2.05) is 25.1 Å². The highest BCUT2D eigenvalue weighted by Crippen LogP contribution is 2.07. The number of hydrogen-bond donors (Lipinski definition) is 1. The summed E-state index contributed by atoms with van der Waals surface area (Å²) in [6.07, 6.45) is 0. The monoisotopic (exact) mass is 323 g/mol. The van der Waals surface area contributed by atoms with Crippen molar-refractivity contribution < 1.29 is 4.79 Å². The molecular weight excluding hydrogens is 312 g/mol. The molecule has 2 nitrogen and oxygen atoms in total. The van der Waals surface area contributed by atoms with Gasteiger partial charge in [0.25, 0.3) is 5.91 Å². The molecule has 14 heavy (non-hydrogen) atoms. The fourth-order valence-electron chi connectivity index (χ4n) is 0.965. The highest BCUT2D eigenvalue weighted by molar-refractivity contribution is 14.1. The largest absolute Gasteiger partial charge is 0.351 e. The first-order valence-corrected chi connectivity index (χ1v) is 5.79. The van der Waals surface area contributed by atoms with Crippen molar-refractivity contribution in [2.24, 2.45) is 0 Å². The van der Waals surface area contributed by atoms with Crippen molar-refractivity contribution in [3.05, 3.63) is 33.4 Å². The second kappa shape index (κ2) is 5.56. The van der Waals surface area contributed by atoms with E-state index in [1.54, 1.807) is 6.07 Å². The van der Waals surface area contributed by atoms with Crippen LogP contribution in [0.2, 0.25) is 0 Å². The zero-order chi connectivity index (χ0) is 10.6. The lowest BCUT2D eigenvalue weighted by molar-refractivity contribution is 0.0954. The fourth-order valence-corrected chi connectivity index (χ4v) is 1.59. The van der Waals surface area contributed by atoms with Gasteiger partial charge in [0.2, 0.25) is 0 Å². The van der Waals surface area contributed by atoms with Gasteiger partial charge in [0.1, 0.15) is 0 Å². The molecule has 0 aromatic heterocycles. The SMILES string of the molecule is CC(Cl)CNC(=O)c1cccc(I)c1. The number of carbonyl (C=O) groups excluding carboxylic acids is 1. The van der Waals surface area contributed by atoms with E-state index in [1.165, 1.54) is 0 Å². The minimum absolute atomic E-state index is 0.0401. The molecule has 0 heterocycles. The van der Waals surface area contributed by atoms with Gasteiger partial charge in [-0.1, -0.05) is 6.07 Å². The van der Waals surface area contributed by atoms with Gasteiger partial charge < -0.3 is 5.32 Å². The van der Waals surface area contributed by atoms with Gasteiger partial charge in [0.05, 0.1) is 0 Å². The molecule has 1 unspecified atom stereocenters. The van der Waals surface area contributed by atoms with Crippen molar-refractivity contribution in [1.82, 2.24) is 5.32 Å². The number of alkyl halides is 1. The van der Waals surface area contributed by atoms with Crippen LogP contribution in [0.4, 0.5) is 0 Å². The molecule has 1 aromatic rings. The van der Waals surface area contributed by atoms with Crippen LogP contribution in [0.5, 0.6) is 0 Å². The van der Waals surface area contributed by atoms with E-state index in [0.29, 0.717) is 12.1 Å². The summed E-state index contributed by atoms with van der Waals surface area (Å²) in [6.45, 7) is 2.34. The predicted octanol–water partition coefficient (Wildman–Crippen LogP) is 2.65. The first-order valence-electron chi connectivity index (χ1n) is 4.27. The number of rotatable bonds is 3. The van der Waals surface area contributed by atoms with Crippen LogP contribution >= 0.6 is 34.2 Å². The third-order valence-corrected chi connectivity index (χ3v) is 2.46. The van der Waals surface area contributed by atoms with Crippen LogP contribution in [-0.4, -0.2) is 17.8 Å². The highest BCUT2D eigenvalue weighted by atomic mass is 127. The molecule has 0 spiro atoms. The number of halogens is 2. The van der Waals surface area contributed by atoms with Crippen molar-refractivity contribution in [3.63, 3.8) is 0 Å². The summed E-state index contributed by atoms with van der Waals surface area (Å²) >= 11 is 7.90. The summed E-state index contributed by atoms with van der Waals surface area (Å²) in [6, 6.07) is 7.44. The summed E-state index contributed by atoms with van der Waals surface area (Å²) in [5.41, 5.74) is 0.675. The molecule has 0 saturated carbocycles. The van der Waals surface area contributed by atoms with Crippen LogP contribution in [0.3, 0.4) is 0 Å². The van der Waals surface area contributed by atoms with Crippen molar-refractivity contribution in [2.75, 3.05) is 6.54 Å². The van der Waals surface area contributed by atoms with E-state index in [9.17, 15) is 4.79 Å². The minimum atomic E-state index is -0.0731. The quantitative estimate of drug-likeness (QED) is 0.672. The van der Waals surface area contributed by atoms with Gasteiger partial charge in [-0.2, -0.15) is 0 Å². The molecule has 1 N–H and O–H groups in total. The maximum Gasteiger partial charge on any atom is 0.251 e. The third-order valence-electron chi connectivity index (χ3n) is 1.63. The van der Waals surface area contributed by atoms with Gasteiger partial charge >= 0.3 is 0 Å². The molecular formula is C10H11ClINO. The highest BCUT2D eigenvalue weighted by Gasteiger charge is 2.05.